The van der Waals surface area contributed by atoms with E-state index in [0.717, 1.165) is 0 Å². The van der Waals surface area contributed by atoms with Crippen LogP contribution in [-0.4, -0.2) is 9.78 Å². The second kappa shape index (κ2) is 10.2. The molecule has 0 amide bonds. The van der Waals surface area contributed by atoms with Gasteiger partial charge in [0.25, 0.3) is 0 Å². The summed E-state index contributed by atoms with van der Waals surface area (Å²) in [5, 5.41) is 4.29. The summed E-state index contributed by atoms with van der Waals surface area (Å²) in [4.78, 5) is 0. The van der Waals surface area contributed by atoms with Gasteiger partial charge in [-0.05, 0) is 19.4 Å². The molecule has 1 aromatic heterocycles. The molecular formula is C16H30N2. The van der Waals surface area contributed by atoms with Gasteiger partial charge in [0.05, 0.1) is 0 Å². The minimum Gasteiger partial charge on any atom is -0.270 e. The first-order valence-corrected chi connectivity index (χ1v) is 7.83. The number of hydrogen-bond donors (Lipinski definition) is 0. The first-order valence-electron chi connectivity index (χ1n) is 7.83. The lowest BCUT2D eigenvalue weighted by Gasteiger charge is -2.11. The smallest absolute Gasteiger partial charge is 0.0491 e. The van der Waals surface area contributed by atoms with Crippen LogP contribution in [0.3, 0.4) is 0 Å². The van der Waals surface area contributed by atoms with Crippen LogP contribution >= 0.6 is 0 Å². The summed E-state index contributed by atoms with van der Waals surface area (Å²) in [5.74, 6) is 0. The van der Waals surface area contributed by atoms with E-state index in [2.05, 4.69) is 29.8 Å². The van der Waals surface area contributed by atoms with E-state index in [1.165, 1.54) is 64.2 Å². The lowest BCUT2D eigenvalue weighted by Crippen LogP contribution is -2.05. The number of hydrogen-bond acceptors (Lipinski definition) is 1. The Labute approximate surface area is 113 Å². The van der Waals surface area contributed by atoms with Crippen LogP contribution in [0.5, 0.6) is 0 Å². The van der Waals surface area contributed by atoms with E-state index in [1.807, 2.05) is 12.3 Å². The molecule has 1 unspecified atom stereocenters. The predicted molar refractivity (Wildman–Crippen MR) is 78.8 cm³/mol. The molecule has 2 heteroatoms. The first-order chi connectivity index (χ1) is 8.84. The van der Waals surface area contributed by atoms with Gasteiger partial charge in [-0.2, -0.15) is 5.10 Å². The van der Waals surface area contributed by atoms with Crippen LogP contribution in [0.1, 0.15) is 84.1 Å². The molecule has 0 saturated carbocycles. The number of unbranched alkanes of at least 4 members (excludes halogenated alkanes) is 8. The van der Waals surface area contributed by atoms with Gasteiger partial charge in [-0.1, -0.05) is 64.7 Å². The van der Waals surface area contributed by atoms with Gasteiger partial charge < -0.3 is 0 Å². The third-order valence-corrected chi connectivity index (χ3v) is 3.70. The van der Waals surface area contributed by atoms with Gasteiger partial charge >= 0.3 is 0 Å². The highest BCUT2D eigenvalue weighted by Gasteiger charge is 2.03. The van der Waals surface area contributed by atoms with Gasteiger partial charge in [0, 0.05) is 18.4 Å². The fourth-order valence-corrected chi connectivity index (χ4v) is 2.42. The molecular weight excluding hydrogens is 220 g/mol. The Hall–Kier alpha value is -0.790. The third kappa shape index (κ3) is 6.83. The molecule has 0 radical (unpaired) electrons. The molecule has 1 rings (SSSR count). The quantitative estimate of drug-likeness (QED) is 0.483. The molecule has 1 aromatic rings. The van der Waals surface area contributed by atoms with E-state index in [-0.39, 0.29) is 0 Å². The van der Waals surface area contributed by atoms with Crippen molar-refractivity contribution in [1.82, 2.24) is 9.78 Å². The van der Waals surface area contributed by atoms with E-state index in [1.54, 1.807) is 0 Å². The molecule has 0 bridgehead atoms. The number of aromatic nitrogens is 2. The van der Waals surface area contributed by atoms with Gasteiger partial charge in [-0.25, -0.2) is 0 Å². The highest BCUT2D eigenvalue weighted by Crippen LogP contribution is 2.15. The monoisotopic (exact) mass is 250 g/mol. The van der Waals surface area contributed by atoms with E-state index in [0.29, 0.717) is 6.04 Å². The zero-order valence-electron chi connectivity index (χ0n) is 12.3. The minimum atomic E-state index is 0.560. The summed E-state index contributed by atoms with van der Waals surface area (Å²) in [6, 6.07) is 2.57. The number of rotatable bonds is 11. The lowest BCUT2D eigenvalue weighted by molar-refractivity contribution is 0.432. The SMILES string of the molecule is CCCCCCCCCCCC(C)n1cccn1. The summed E-state index contributed by atoms with van der Waals surface area (Å²) >= 11 is 0. The molecule has 1 atom stereocenters. The summed E-state index contributed by atoms with van der Waals surface area (Å²) in [6.07, 6.45) is 17.9. The van der Waals surface area contributed by atoms with Crippen molar-refractivity contribution in [2.24, 2.45) is 0 Å². The van der Waals surface area contributed by atoms with E-state index < -0.39 is 0 Å². The van der Waals surface area contributed by atoms with Crippen molar-refractivity contribution in [2.45, 2.75) is 84.1 Å². The van der Waals surface area contributed by atoms with Crippen LogP contribution in [0.15, 0.2) is 18.5 Å². The fraction of sp³-hybridized carbons (Fsp3) is 0.812. The Morgan fingerprint density at radius 1 is 0.944 bits per heavy atom. The summed E-state index contributed by atoms with van der Waals surface area (Å²) < 4.78 is 2.07. The first kappa shape index (κ1) is 15.3. The molecule has 0 aromatic carbocycles. The maximum atomic E-state index is 4.29. The minimum absolute atomic E-state index is 0.560. The maximum absolute atomic E-state index is 4.29. The molecule has 0 spiro atoms. The molecule has 18 heavy (non-hydrogen) atoms. The van der Waals surface area contributed by atoms with Crippen molar-refractivity contribution >= 4 is 0 Å². The normalized spacial score (nSPS) is 12.8. The van der Waals surface area contributed by atoms with Crippen molar-refractivity contribution in [3.63, 3.8) is 0 Å². The van der Waals surface area contributed by atoms with E-state index in [4.69, 9.17) is 0 Å². The summed E-state index contributed by atoms with van der Waals surface area (Å²) in [5.41, 5.74) is 0. The van der Waals surface area contributed by atoms with Crippen molar-refractivity contribution < 1.29 is 0 Å². The highest BCUT2D eigenvalue weighted by molar-refractivity contribution is 4.80. The third-order valence-electron chi connectivity index (χ3n) is 3.70. The summed E-state index contributed by atoms with van der Waals surface area (Å²) in [7, 11) is 0. The zero-order valence-corrected chi connectivity index (χ0v) is 12.3. The van der Waals surface area contributed by atoms with Crippen LogP contribution in [0.25, 0.3) is 0 Å². The Balaban J connectivity index is 1.87. The van der Waals surface area contributed by atoms with E-state index >= 15 is 0 Å². The maximum Gasteiger partial charge on any atom is 0.0491 e. The Morgan fingerprint density at radius 2 is 1.56 bits per heavy atom. The molecule has 0 saturated heterocycles. The van der Waals surface area contributed by atoms with Gasteiger partial charge in [-0.15, -0.1) is 0 Å². The Kier molecular flexibility index (Phi) is 8.62. The predicted octanol–water partition coefficient (Wildman–Crippen LogP) is 5.37. The van der Waals surface area contributed by atoms with Crippen LogP contribution in [0, 0.1) is 0 Å². The van der Waals surface area contributed by atoms with Crippen LogP contribution in [-0.2, 0) is 0 Å². The van der Waals surface area contributed by atoms with Gasteiger partial charge in [-0.3, -0.25) is 4.68 Å². The summed E-state index contributed by atoms with van der Waals surface area (Å²) in [6.45, 7) is 4.54. The molecule has 0 aliphatic rings. The Bertz CT molecular complexity index is 267. The molecule has 2 nitrogen and oxygen atoms in total. The standard InChI is InChI=1S/C16H30N2/c1-3-4-5-6-7-8-9-10-11-13-16(2)18-15-12-14-17-18/h12,14-16H,3-11,13H2,1-2H3. The molecule has 0 fully saturated rings. The topological polar surface area (TPSA) is 17.8 Å². The lowest BCUT2D eigenvalue weighted by atomic mass is 10.0. The van der Waals surface area contributed by atoms with Crippen molar-refractivity contribution in [2.75, 3.05) is 0 Å². The van der Waals surface area contributed by atoms with Crippen LogP contribution < -0.4 is 0 Å². The molecule has 0 N–H and O–H groups in total. The molecule has 1 heterocycles. The molecule has 0 aliphatic carbocycles. The second-order valence-electron chi connectivity index (χ2n) is 5.45. The van der Waals surface area contributed by atoms with Crippen molar-refractivity contribution in [3.05, 3.63) is 18.5 Å². The van der Waals surface area contributed by atoms with Crippen LogP contribution in [0.4, 0.5) is 0 Å². The largest absolute Gasteiger partial charge is 0.270 e. The average Bonchev–Trinajstić information content (AvgIpc) is 2.90. The number of nitrogens with zero attached hydrogens (tertiary/aromatic N) is 2. The van der Waals surface area contributed by atoms with E-state index in [9.17, 15) is 0 Å². The molecule has 104 valence electrons. The van der Waals surface area contributed by atoms with Crippen molar-refractivity contribution in [1.29, 1.82) is 0 Å². The van der Waals surface area contributed by atoms with Crippen LogP contribution in [0.2, 0.25) is 0 Å². The zero-order chi connectivity index (χ0) is 13.1. The van der Waals surface area contributed by atoms with Crippen molar-refractivity contribution in [3.8, 4) is 0 Å². The van der Waals surface area contributed by atoms with Gasteiger partial charge in [0.2, 0.25) is 0 Å². The van der Waals surface area contributed by atoms with Gasteiger partial charge in [0.1, 0.15) is 0 Å². The second-order valence-corrected chi connectivity index (χ2v) is 5.45. The Morgan fingerprint density at radius 3 is 2.11 bits per heavy atom. The fourth-order valence-electron chi connectivity index (χ4n) is 2.42. The highest BCUT2D eigenvalue weighted by atomic mass is 15.3. The molecule has 0 aliphatic heterocycles. The average molecular weight is 250 g/mol. The van der Waals surface area contributed by atoms with Gasteiger partial charge in [0.15, 0.2) is 0 Å².